The Morgan fingerprint density at radius 3 is 2.70 bits per heavy atom. The van der Waals surface area contributed by atoms with Crippen LogP contribution in [-0.2, 0) is 0 Å². The Hall–Kier alpha value is -1.56. The molecular formula is C14H23N5O. The number of fused-ring (bicyclic) bond motifs is 2. The summed E-state index contributed by atoms with van der Waals surface area (Å²) in [5, 5.41) is 3.38. The third kappa shape index (κ3) is 2.65. The molecule has 110 valence electrons. The van der Waals surface area contributed by atoms with Crippen LogP contribution in [0.25, 0.3) is 0 Å². The van der Waals surface area contributed by atoms with Crippen LogP contribution in [0.2, 0.25) is 0 Å². The Morgan fingerprint density at radius 2 is 2.05 bits per heavy atom. The molecule has 0 saturated carbocycles. The highest BCUT2D eigenvalue weighted by Gasteiger charge is 2.38. The molecule has 2 saturated heterocycles. The number of hydrogen-bond donors (Lipinski definition) is 2. The lowest BCUT2D eigenvalue weighted by Gasteiger charge is -2.36. The summed E-state index contributed by atoms with van der Waals surface area (Å²) in [5.41, 5.74) is 5.67. The van der Waals surface area contributed by atoms with E-state index in [-0.39, 0.29) is 5.95 Å². The van der Waals surface area contributed by atoms with Gasteiger partial charge in [0.25, 0.3) is 0 Å². The van der Waals surface area contributed by atoms with E-state index in [1.807, 2.05) is 0 Å². The molecule has 3 heterocycles. The van der Waals surface area contributed by atoms with E-state index < -0.39 is 0 Å². The minimum absolute atomic E-state index is 0.246. The number of ether oxygens (including phenoxy) is 1. The van der Waals surface area contributed by atoms with Gasteiger partial charge in [-0.15, -0.1) is 0 Å². The molecule has 1 aromatic heterocycles. The molecule has 2 bridgehead atoms. The van der Waals surface area contributed by atoms with E-state index >= 15 is 0 Å². The van der Waals surface area contributed by atoms with Crippen molar-refractivity contribution in [3.8, 4) is 5.88 Å². The second kappa shape index (κ2) is 5.44. The molecule has 6 heteroatoms. The van der Waals surface area contributed by atoms with Crippen LogP contribution in [0.3, 0.4) is 0 Å². The molecule has 0 radical (unpaired) electrons. The molecule has 0 spiro atoms. The molecular weight excluding hydrogens is 254 g/mol. The number of nitrogens with two attached hydrogens (primary N) is 1. The lowest BCUT2D eigenvalue weighted by molar-refractivity contribution is 0.139. The van der Waals surface area contributed by atoms with Gasteiger partial charge in [0.15, 0.2) is 0 Å². The third-order valence-electron chi connectivity index (χ3n) is 4.70. The van der Waals surface area contributed by atoms with Crippen LogP contribution >= 0.6 is 0 Å². The van der Waals surface area contributed by atoms with Crippen molar-refractivity contribution >= 4 is 11.8 Å². The number of nitrogen functional groups attached to an aromatic ring is 1. The zero-order chi connectivity index (χ0) is 14.1. The number of nitrogens with zero attached hydrogens (tertiary/aromatic N) is 3. The summed E-state index contributed by atoms with van der Waals surface area (Å²) in [5.74, 6) is 2.21. The Kier molecular flexibility index (Phi) is 3.65. The van der Waals surface area contributed by atoms with Crippen LogP contribution in [0.5, 0.6) is 5.88 Å². The van der Waals surface area contributed by atoms with E-state index in [0.29, 0.717) is 11.8 Å². The zero-order valence-corrected chi connectivity index (χ0v) is 12.2. The summed E-state index contributed by atoms with van der Waals surface area (Å²) < 4.78 is 5.11. The molecule has 0 amide bonds. The third-order valence-corrected chi connectivity index (χ3v) is 4.70. The van der Waals surface area contributed by atoms with Gasteiger partial charge in [-0.1, -0.05) is 0 Å². The predicted molar refractivity (Wildman–Crippen MR) is 78.8 cm³/mol. The van der Waals surface area contributed by atoms with E-state index in [9.17, 15) is 0 Å². The first-order chi connectivity index (χ1) is 9.65. The van der Waals surface area contributed by atoms with Crippen molar-refractivity contribution < 1.29 is 4.74 Å². The van der Waals surface area contributed by atoms with Crippen molar-refractivity contribution in [1.82, 2.24) is 14.9 Å². The van der Waals surface area contributed by atoms with Crippen LogP contribution in [0.4, 0.5) is 11.8 Å². The Morgan fingerprint density at radius 1 is 1.35 bits per heavy atom. The monoisotopic (exact) mass is 277 g/mol. The highest BCUT2D eigenvalue weighted by atomic mass is 16.5. The summed E-state index contributed by atoms with van der Waals surface area (Å²) in [6.45, 7) is 0.945. The number of rotatable bonds is 4. The topological polar surface area (TPSA) is 76.3 Å². The molecule has 2 aliphatic rings. The first-order valence-electron chi connectivity index (χ1n) is 7.30. The molecule has 6 nitrogen and oxygen atoms in total. The van der Waals surface area contributed by atoms with Gasteiger partial charge in [-0.05, 0) is 38.6 Å². The molecule has 3 N–H and O–H groups in total. The fourth-order valence-corrected chi connectivity index (χ4v) is 3.58. The van der Waals surface area contributed by atoms with Crippen molar-refractivity contribution in [2.24, 2.45) is 5.92 Å². The minimum Gasteiger partial charge on any atom is -0.481 e. The number of piperidine rings is 1. The summed E-state index contributed by atoms with van der Waals surface area (Å²) in [6.07, 6.45) is 5.26. The van der Waals surface area contributed by atoms with Crippen LogP contribution in [-0.4, -0.2) is 47.7 Å². The Bertz CT molecular complexity index is 467. The van der Waals surface area contributed by atoms with Crippen LogP contribution in [0.1, 0.15) is 25.7 Å². The predicted octanol–water partition coefficient (Wildman–Crippen LogP) is 1.35. The number of aromatic nitrogens is 2. The normalized spacial score (nSPS) is 29.4. The molecule has 2 aliphatic heterocycles. The summed E-state index contributed by atoms with van der Waals surface area (Å²) in [7, 11) is 3.85. The molecule has 2 atom stereocenters. The maximum Gasteiger partial charge on any atom is 0.225 e. The van der Waals surface area contributed by atoms with Crippen molar-refractivity contribution in [2.45, 2.75) is 37.8 Å². The average Bonchev–Trinajstić information content (AvgIpc) is 2.66. The van der Waals surface area contributed by atoms with Gasteiger partial charge in [0.2, 0.25) is 11.8 Å². The van der Waals surface area contributed by atoms with E-state index in [4.69, 9.17) is 10.5 Å². The summed E-state index contributed by atoms with van der Waals surface area (Å²) >= 11 is 0. The fraction of sp³-hybridized carbons (Fsp3) is 0.714. The Labute approximate surface area is 119 Å². The quantitative estimate of drug-likeness (QED) is 0.865. The minimum atomic E-state index is 0.246. The largest absolute Gasteiger partial charge is 0.481 e. The fourth-order valence-electron chi connectivity index (χ4n) is 3.58. The highest BCUT2D eigenvalue weighted by molar-refractivity contribution is 5.42. The van der Waals surface area contributed by atoms with Crippen molar-refractivity contribution in [3.63, 3.8) is 0 Å². The second-order valence-corrected chi connectivity index (χ2v) is 5.92. The van der Waals surface area contributed by atoms with Crippen LogP contribution < -0.4 is 15.8 Å². The highest BCUT2D eigenvalue weighted by Crippen LogP contribution is 2.37. The number of hydrogen-bond acceptors (Lipinski definition) is 6. The number of methoxy groups -OCH3 is 1. The van der Waals surface area contributed by atoms with Gasteiger partial charge < -0.3 is 20.7 Å². The van der Waals surface area contributed by atoms with E-state index in [0.717, 1.165) is 24.4 Å². The number of anilines is 2. The zero-order valence-electron chi connectivity index (χ0n) is 12.2. The van der Waals surface area contributed by atoms with E-state index in [1.54, 1.807) is 13.2 Å². The summed E-state index contributed by atoms with van der Waals surface area (Å²) in [6, 6.07) is 3.33. The molecule has 2 unspecified atom stereocenters. The van der Waals surface area contributed by atoms with Gasteiger partial charge in [-0.2, -0.15) is 9.97 Å². The molecule has 3 rings (SSSR count). The van der Waals surface area contributed by atoms with Gasteiger partial charge in [0.1, 0.15) is 5.82 Å². The first kappa shape index (κ1) is 13.4. The van der Waals surface area contributed by atoms with Gasteiger partial charge in [0, 0.05) is 24.7 Å². The van der Waals surface area contributed by atoms with Crippen molar-refractivity contribution in [1.29, 1.82) is 0 Å². The lowest BCUT2D eigenvalue weighted by Crippen LogP contribution is -2.41. The number of nitrogens with one attached hydrogen (secondary N) is 1. The second-order valence-electron chi connectivity index (χ2n) is 5.92. The first-order valence-corrected chi connectivity index (χ1v) is 7.30. The van der Waals surface area contributed by atoms with E-state index in [1.165, 1.54) is 25.7 Å². The van der Waals surface area contributed by atoms with Gasteiger partial charge in [-0.25, -0.2) is 0 Å². The SMILES string of the molecule is COc1cc(NCC2CC3CCC(C2)N3C)nc(N)n1. The van der Waals surface area contributed by atoms with Gasteiger partial charge >= 0.3 is 0 Å². The average molecular weight is 277 g/mol. The maximum absolute atomic E-state index is 5.67. The lowest BCUT2D eigenvalue weighted by atomic mass is 9.91. The van der Waals surface area contributed by atoms with Gasteiger partial charge in [-0.3, -0.25) is 0 Å². The van der Waals surface area contributed by atoms with Crippen molar-refractivity contribution in [3.05, 3.63) is 6.07 Å². The molecule has 2 fully saturated rings. The van der Waals surface area contributed by atoms with Crippen LogP contribution in [0.15, 0.2) is 6.07 Å². The Balaban J connectivity index is 1.59. The summed E-state index contributed by atoms with van der Waals surface area (Å²) in [4.78, 5) is 10.7. The molecule has 20 heavy (non-hydrogen) atoms. The van der Waals surface area contributed by atoms with E-state index in [2.05, 4.69) is 27.2 Å². The van der Waals surface area contributed by atoms with Crippen LogP contribution in [0, 0.1) is 5.92 Å². The molecule has 1 aromatic rings. The van der Waals surface area contributed by atoms with Crippen molar-refractivity contribution in [2.75, 3.05) is 31.8 Å². The van der Waals surface area contributed by atoms with Gasteiger partial charge in [0.05, 0.1) is 7.11 Å². The standard InChI is InChI=1S/C14H23N5O/c1-19-10-3-4-11(19)6-9(5-10)8-16-12-7-13(20-2)18-14(15)17-12/h7,9-11H,3-6,8H2,1-2H3,(H3,15,16,17,18). The smallest absolute Gasteiger partial charge is 0.225 e. The molecule has 0 aliphatic carbocycles. The molecule has 0 aromatic carbocycles. The maximum atomic E-state index is 5.67.